The van der Waals surface area contributed by atoms with E-state index in [0.717, 1.165) is 0 Å². The SMILES string of the molecule is CNS(=O)(=O)CCNC(=O)C(N)CC(C)C. The summed E-state index contributed by atoms with van der Waals surface area (Å²) in [5, 5.41) is 2.50. The first-order valence-electron chi connectivity index (χ1n) is 5.23. The molecule has 1 amide bonds. The number of carbonyl (C=O) groups excluding carboxylic acids is 1. The largest absolute Gasteiger partial charge is 0.354 e. The minimum absolute atomic E-state index is 0.0772. The van der Waals surface area contributed by atoms with Crippen molar-refractivity contribution in [3.05, 3.63) is 0 Å². The van der Waals surface area contributed by atoms with Gasteiger partial charge >= 0.3 is 0 Å². The number of nitrogens with one attached hydrogen (secondary N) is 2. The van der Waals surface area contributed by atoms with Gasteiger partial charge in [0.25, 0.3) is 0 Å². The van der Waals surface area contributed by atoms with Gasteiger partial charge in [-0.2, -0.15) is 0 Å². The first-order valence-corrected chi connectivity index (χ1v) is 6.88. The number of sulfonamides is 1. The summed E-state index contributed by atoms with van der Waals surface area (Å²) in [6.45, 7) is 4.02. The average molecular weight is 251 g/mol. The lowest BCUT2D eigenvalue weighted by atomic mass is 10.0. The third-order valence-corrected chi connectivity index (χ3v) is 3.41. The predicted molar refractivity (Wildman–Crippen MR) is 63.3 cm³/mol. The van der Waals surface area contributed by atoms with Crippen LogP contribution in [0, 0.1) is 5.92 Å². The van der Waals surface area contributed by atoms with E-state index in [1.54, 1.807) is 0 Å². The molecule has 0 rings (SSSR count). The van der Waals surface area contributed by atoms with E-state index in [4.69, 9.17) is 5.73 Å². The van der Waals surface area contributed by atoms with Crippen molar-refractivity contribution >= 4 is 15.9 Å². The van der Waals surface area contributed by atoms with Crippen LogP contribution < -0.4 is 15.8 Å². The molecular formula is C9H21N3O3S. The van der Waals surface area contributed by atoms with Gasteiger partial charge in [-0.05, 0) is 19.4 Å². The molecule has 0 saturated heterocycles. The Balaban J connectivity index is 3.90. The van der Waals surface area contributed by atoms with Crippen molar-refractivity contribution in [3.63, 3.8) is 0 Å². The Kier molecular flexibility index (Phi) is 6.54. The van der Waals surface area contributed by atoms with Gasteiger partial charge in [0.15, 0.2) is 0 Å². The summed E-state index contributed by atoms with van der Waals surface area (Å²) in [4.78, 5) is 11.4. The maximum Gasteiger partial charge on any atom is 0.236 e. The molecule has 1 atom stereocenters. The molecule has 0 aliphatic carbocycles. The van der Waals surface area contributed by atoms with Crippen LogP contribution in [-0.4, -0.2) is 39.7 Å². The Bertz CT molecular complexity index is 314. The normalized spacial score (nSPS) is 13.8. The van der Waals surface area contributed by atoms with E-state index in [2.05, 4.69) is 10.0 Å². The summed E-state index contributed by atoms with van der Waals surface area (Å²) in [6, 6.07) is -0.572. The second-order valence-electron chi connectivity index (χ2n) is 4.05. The van der Waals surface area contributed by atoms with Crippen molar-refractivity contribution in [2.75, 3.05) is 19.3 Å². The van der Waals surface area contributed by atoms with Gasteiger partial charge in [0.05, 0.1) is 11.8 Å². The molecule has 0 radical (unpaired) electrons. The molecule has 16 heavy (non-hydrogen) atoms. The van der Waals surface area contributed by atoms with Crippen molar-refractivity contribution in [2.45, 2.75) is 26.3 Å². The van der Waals surface area contributed by atoms with Crippen LogP contribution in [-0.2, 0) is 14.8 Å². The number of hydrogen-bond acceptors (Lipinski definition) is 4. The molecule has 0 heterocycles. The van der Waals surface area contributed by atoms with Gasteiger partial charge < -0.3 is 11.1 Å². The fraction of sp³-hybridized carbons (Fsp3) is 0.889. The molecule has 0 fully saturated rings. The summed E-state index contributed by atoms with van der Waals surface area (Å²) >= 11 is 0. The molecule has 0 saturated carbocycles. The molecular weight excluding hydrogens is 230 g/mol. The van der Waals surface area contributed by atoms with E-state index in [9.17, 15) is 13.2 Å². The quantitative estimate of drug-likeness (QED) is 0.541. The van der Waals surface area contributed by atoms with Crippen LogP contribution in [0.4, 0.5) is 0 Å². The van der Waals surface area contributed by atoms with Crippen LogP contribution in [0.2, 0.25) is 0 Å². The highest BCUT2D eigenvalue weighted by atomic mass is 32.2. The minimum atomic E-state index is -3.27. The zero-order valence-corrected chi connectivity index (χ0v) is 10.8. The highest BCUT2D eigenvalue weighted by Gasteiger charge is 2.15. The van der Waals surface area contributed by atoms with Crippen molar-refractivity contribution in [1.29, 1.82) is 0 Å². The Morgan fingerprint density at radius 2 is 1.94 bits per heavy atom. The number of hydrogen-bond donors (Lipinski definition) is 3. The van der Waals surface area contributed by atoms with Gasteiger partial charge in [0.2, 0.25) is 15.9 Å². The maximum absolute atomic E-state index is 11.4. The van der Waals surface area contributed by atoms with E-state index in [1.165, 1.54) is 7.05 Å². The van der Waals surface area contributed by atoms with Crippen LogP contribution in [0.3, 0.4) is 0 Å². The van der Waals surface area contributed by atoms with Crippen molar-refractivity contribution in [2.24, 2.45) is 11.7 Å². The Labute approximate surface area is 97.0 Å². The third-order valence-electron chi connectivity index (χ3n) is 2.04. The maximum atomic E-state index is 11.4. The molecule has 0 aliphatic rings. The molecule has 6 nitrogen and oxygen atoms in total. The molecule has 96 valence electrons. The molecule has 0 aromatic rings. The Morgan fingerprint density at radius 1 is 1.38 bits per heavy atom. The van der Waals surface area contributed by atoms with Crippen molar-refractivity contribution in [3.8, 4) is 0 Å². The molecule has 4 N–H and O–H groups in total. The summed E-state index contributed by atoms with van der Waals surface area (Å²) in [6.07, 6.45) is 0.588. The van der Waals surface area contributed by atoms with Crippen LogP contribution in [0.1, 0.15) is 20.3 Å². The summed E-state index contributed by atoms with van der Waals surface area (Å²) in [5.41, 5.74) is 5.62. The minimum Gasteiger partial charge on any atom is -0.354 e. The average Bonchev–Trinajstić information content (AvgIpc) is 2.16. The molecule has 0 aromatic heterocycles. The third kappa shape index (κ3) is 6.76. The second-order valence-corrected chi connectivity index (χ2v) is 6.10. The monoisotopic (exact) mass is 251 g/mol. The second kappa shape index (κ2) is 6.82. The van der Waals surface area contributed by atoms with Gasteiger partial charge in [-0.15, -0.1) is 0 Å². The van der Waals surface area contributed by atoms with E-state index in [1.807, 2.05) is 13.8 Å². The van der Waals surface area contributed by atoms with Gasteiger partial charge in [-0.25, -0.2) is 13.1 Å². The Hall–Kier alpha value is -0.660. The Morgan fingerprint density at radius 3 is 2.38 bits per heavy atom. The van der Waals surface area contributed by atoms with Crippen LogP contribution in [0.15, 0.2) is 0 Å². The lowest BCUT2D eigenvalue weighted by Gasteiger charge is -2.13. The summed E-state index contributed by atoms with van der Waals surface area (Å²) in [5.74, 6) is -0.106. The van der Waals surface area contributed by atoms with E-state index < -0.39 is 16.1 Å². The van der Waals surface area contributed by atoms with Gasteiger partial charge in [-0.1, -0.05) is 13.8 Å². The van der Waals surface area contributed by atoms with Crippen LogP contribution >= 0.6 is 0 Å². The lowest BCUT2D eigenvalue weighted by Crippen LogP contribution is -2.43. The van der Waals surface area contributed by atoms with Crippen molar-refractivity contribution < 1.29 is 13.2 Å². The molecule has 7 heteroatoms. The topological polar surface area (TPSA) is 101 Å². The summed E-state index contributed by atoms with van der Waals surface area (Å²) < 4.78 is 24.2. The molecule has 0 spiro atoms. The number of nitrogens with two attached hydrogens (primary N) is 1. The van der Waals surface area contributed by atoms with Crippen LogP contribution in [0.25, 0.3) is 0 Å². The smallest absolute Gasteiger partial charge is 0.236 e. The molecule has 0 aliphatic heterocycles. The highest BCUT2D eigenvalue weighted by molar-refractivity contribution is 7.89. The molecule has 0 aromatic carbocycles. The van der Waals surface area contributed by atoms with E-state index >= 15 is 0 Å². The molecule has 1 unspecified atom stereocenters. The van der Waals surface area contributed by atoms with E-state index in [-0.39, 0.29) is 18.2 Å². The van der Waals surface area contributed by atoms with Gasteiger partial charge in [-0.3, -0.25) is 4.79 Å². The molecule has 0 bridgehead atoms. The first-order chi connectivity index (χ1) is 7.28. The lowest BCUT2D eigenvalue weighted by molar-refractivity contribution is -0.122. The zero-order chi connectivity index (χ0) is 12.8. The zero-order valence-electron chi connectivity index (χ0n) is 9.99. The van der Waals surface area contributed by atoms with E-state index in [0.29, 0.717) is 12.3 Å². The highest BCUT2D eigenvalue weighted by Crippen LogP contribution is 2.02. The fourth-order valence-electron chi connectivity index (χ4n) is 1.16. The number of amides is 1. The standard InChI is InChI=1S/C9H21N3O3S/c1-7(2)6-8(10)9(13)12-4-5-16(14,15)11-3/h7-8,11H,4-6,10H2,1-3H3,(H,12,13). The van der Waals surface area contributed by atoms with Gasteiger partial charge in [0.1, 0.15) is 0 Å². The van der Waals surface area contributed by atoms with Crippen molar-refractivity contribution in [1.82, 2.24) is 10.0 Å². The summed E-state index contributed by atoms with van der Waals surface area (Å²) in [7, 11) is -1.93. The number of carbonyl (C=O) groups is 1. The number of rotatable bonds is 7. The predicted octanol–water partition coefficient (Wildman–Crippen LogP) is -0.975. The first kappa shape index (κ1) is 15.3. The fourth-order valence-corrected chi connectivity index (χ4v) is 1.73. The van der Waals surface area contributed by atoms with Crippen LogP contribution in [0.5, 0.6) is 0 Å². The van der Waals surface area contributed by atoms with Gasteiger partial charge in [0, 0.05) is 6.54 Å².